The van der Waals surface area contributed by atoms with Crippen molar-refractivity contribution in [3.63, 3.8) is 0 Å². The van der Waals surface area contributed by atoms with Crippen LogP contribution in [0.5, 0.6) is 0 Å². The van der Waals surface area contributed by atoms with Gasteiger partial charge in [0.1, 0.15) is 5.54 Å². The van der Waals surface area contributed by atoms with E-state index in [-0.39, 0.29) is 11.3 Å². The van der Waals surface area contributed by atoms with Gasteiger partial charge in [-0.05, 0) is 37.5 Å². The number of hydrogen-bond acceptors (Lipinski definition) is 4. The van der Waals surface area contributed by atoms with Gasteiger partial charge in [0.15, 0.2) is 0 Å². The molecule has 8 heteroatoms. The van der Waals surface area contributed by atoms with Gasteiger partial charge >= 0.3 is 5.97 Å². The molecule has 0 spiro atoms. The minimum atomic E-state index is -3.33. The third-order valence-corrected chi connectivity index (χ3v) is 6.83. The second-order valence-corrected chi connectivity index (χ2v) is 8.71. The molecule has 7 nitrogen and oxygen atoms in total. The van der Waals surface area contributed by atoms with Gasteiger partial charge in [0.25, 0.3) is 5.91 Å². The van der Waals surface area contributed by atoms with E-state index in [1.165, 1.54) is 10.4 Å². The first-order chi connectivity index (χ1) is 11.8. The first-order valence-corrected chi connectivity index (χ1v) is 10.1. The smallest absolute Gasteiger partial charge is 0.329 e. The highest BCUT2D eigenvalue weighted by Crippen LogP contribution is 2.29. The van der Waals surface area contributed by atoms with Crippen molar-refractivity contribution in [3.05, 3.63) is 29.8 Å². The number of hydrogen-bond donors (Lipinski definition) is 2. The van der Waals surface area contributed by atoms with Gasteiger partial charge in [-0.3, -0.25) is 9.10 Å². The number of aliphatic carboxylic acids is 1. The molecule has 1 heterocycles. The van der Waals surface area contributed by atoms with E-state index in [4.69, 9.17) is 0 Å². The fourth-order valence-electron chi connectivity index (χ4n) is 3.57. The first-order valence-electron chi connectivity index (χ1n) is 8.50. The van der Waals surface area contributed by atoms with Gasteiger partial charge in [-0.2, -0.15) is 0 Å². The molecule has 1 aliphatic heterocycles. The Bertz CT molecular complexity index is 784. The van der Waals surface area contributed by atoms with Crippen molar-refractivity contribution in [1.29, 1.82) is 0 Å². The average Bonchev–Trinajstić information content (AvgIpc) is 2.95. The maximum atomic E-state index is 12.6. The molecule has 0 atom stereocenters. The quantitative estimate of drug-likeness (QED) is 0.845. The SMILES string of the molecule is O=C(NC1(C(=O)O)CCCCC1)c1cccc(N2CCCS2(=O)=O)c1. The standard InChI is InChI=1S/C17H22N2O5S/c20-15(18-17(16(21)22)8-2-1-3-9-17)13-6-4-7-14(12-13)19-10-5-11-25(19,23)24/h4,6-7,12H,1-3,5,8-11H2,(H,18,20)(H,21,22). The largest absolute Gasteiger partial charge is 0.480 e. The molecule has 1 saturated heterocycles. The van der Waals surface area contributed by atoms with Crippen LogP contribution < -0.4 is 9.62 Å². The van der Waals surface area contributed by atoms with Crippen molar-refractivity contribution >= 4 is 27.6 Å². The molecule has 136 valence electrons. The van der Waals surface area contributed by atoms with Crippen LogP contribution in [0.2, 0.25) is 0 Å². The van der Waals surface area contributed by atoms with Gasteiger partial charge in [-0.1, -0.05) is 25.3 Å². The third-order valence-electron chi connectivity index (χ3n) is 4.96. The fourth-order valence-corrected chi connectivity index (χ4v) is 5.13. The number of carbonyl (C=O) groups excluding carboxylic acids is 1. The summed E-state index contributed by atoms with van der Waals surface area (Å²) < 4.78 is 25.4. The molecule has 1 aliphatic carbocycles. The number of amides is 1. The van der Waals surface area contributed by atoms with E-state index >= 15 is 0 Å². The second kappa shape index (κ2) is 6.67. The Morgan fingerprint density at radius 2 is 1.84 bits per heavy atom. The van der Waals surface area contributed by atoms with Crippen molar-refractivity contribution in [2.75, 3.05) is 16.6 Å². The molecule has 2 aliphatic rings. The van der Waals surface area contributed by atoms with Gasteiger partial charge in [0, 0.05) is 12.1 Å². The summed E-state index contributed by atoms with van der Waals surface area (Å²) in [5, 5.41) is 12.3. The van der Waals surface area contributed by atoms with E-state index < -0.39 is 27.4 Å². The molecular weight excluding hydrogens is 344 g/mol. The highest BCUT2D eigenvalue weighted by Gasteiger charge is 2.41. The van der Waals surface area contributed by atoms with E-state index in [1.807, 2.05) is 0 Å². The van der Waals surface area contributed by atoms with Crippen LogP contribution >= 0.6 is 0 Å². The minimum Gasteiger partial charge on any atom is -0.480 e. The van der Waals surface area contributed by atoms with E-state index in [2.05, 4.69) is 5.32 Å². The summed E-state index contributed by atoms with van der Waals surface area (Å²) in [4.78, 5) is 24.3. The van der Waals surface area contributed by atoms with Gasteiger partial charge in [0.2, 0.25) is 10.0 Å². The number of carboxylic acid groups (broad SMARTS) is 1. The van der Waals surface area contributed by atoms with Gasteiger partial charge in [-0.25, -0.2) is 13.2 Å². The van der Waals surface area contributed by atoms with Crippen molar-refractivity contribution in [3.8, 4) is 0 Å². The third kappa shape index (κ3) is 3.49. The zero-order valence-electron chi connectivity index (χ0n) is 13.9. The molecular formula is C17H22N2O5S. The molecule has 0 radical (unpaired) electrons. The molecule has 1 amide bonds. The normalized spacial score (nSPS) is 21.7. The lowest BCUT2D eigenvalue weighted by atomic mass is 9.81. The Kier molecular flexibility index (Phi) is 4.73. The van der Waals surface area contributed by atoms with Crippen molar-refractivity contribution in [2.45, 2.75) is 44.1 Å². The number of rotatable bonds is 4. The van der Waals surface area contributed by atoms with E-state index in [0.29, 0.717) is 31.5 Å². The Labute approximate surface area is 147 Å². The average molecular weight is 366 g/mol. The Balaban J connectivity index is 1.83. The molecule has 2 N–H and O–H groups in total. The van der Waals surface area contributed by atoms with Crippen LogP contribution in [0.25, 0.3) is 0 Å². The maximum Gasteiger partial charge on any atom is 0.329 e. The molecule has 2 fully saturated rings. The Morgan fingerprint density at radius 1 is 1.12 bits per heavy atom. The topological polar surface area (TPSA) is 104 Å². The molecule has 0 unspecified atom stereocenters. The predicted octanol–water partition coefficient (Wildman–Crippen LogP) is 1.74. The zero-order valence-corrected chi connectivity index (χ0v) is 14.7. The van der Waals surface area contributed by atoms with Crippen LogP contribution in [-0.2, 0) is 14.8 Å². The lowest BCUT2D eigenvalue weighted by Crippen LogP contribution is -2.55. The summed E-state index contributed by atoms with van der Waals surface area (Å²) in [7, 11) is -3.33. The number of carbonyl (C=O) groups is 2. The molecule has 1 saturated carbocycles. The number of nitrogens with zero attached hydrogens (tertiary/aromatic N) is 1. The first kappa shape index (κ1) is 17.7. The van der Waals surface area contributed by atoms with Gasteiger partial charge in [0.05, 0.1) is 11.4 Å². The lowest BCUT2D eigenvalue weighted by Gasteiger charge is -2.34. The van der Waals surface area contributed by atoms with E-state index in [9.17, 15) is 23.1 Å². The number of anilines is 1. The summed E-state index contributed by atoms with van der Waals surface area (Å²) in [5.74, 6) is -1.40. The van der Waals surface area contributed by atoms with Crippen LogP contribution in [0, 0.1) is 0 Å². The molecule has 1 aromatic carbocycles. The Hall–Kier alpha value is -2.09. The highest BCUT2D eigenvalue weighted by molar-refractivity contribution is 7.93. The van der Waals surface area contributed by atoms with Crippen LogP contribution in [0.1, 0.15) is 48.9 Å². The summed E-state index contributed by atoms with van der Waals surface area (Å²) >= 11 is 0. The minimum absolute atomic E-state index is 0.103. The van der Waals surface area contributed by atoms with Crippen molar-refractivity contribution in [1.82, 2.24) is 5.32 Å². The zero-order chi connectivity index (χ0) is 18.1. The van der Waals surface area contributed by atoms with Crippen molar-refractivity contribution < 1.29 is 23.1 Å². The molecule has 25 heavy (non-hydrogen) atoms. The van der Waals surface area contributed by atoms with E-state index in [0.717, 1.165) is 19.3 Å². The Morgan fingerprint density at radius 3 is 2.44 bits per heavy atom. The fraction of sp³-hybridized carbons (Fsp3) is 0.529. The van der Waals surface area contributed by atoms with Gasteiger partial charge in [-0.15, -0.1) is 0 Å². The summed E-state index contributed by atoms with van der Waals surface area (Å²) in [6, 6.07) is 6.34. The van der Waals surface area contributed by atoms with Crippen LogP contribution in [0.4, 0.5) is 5.69 Å². The predicted molar refractivity (Wildman–Crippen MR) is 93.1 cm³/mol. The maximum absolute atomic E-state index is 12.6. The summed E-state index contributed by atoms with van der Waals surface area (Å²) in [6.07, 6.45) is 3.87. The summed E-state index contributed by atoms with van der Waals surface area (Å²) in [5.41, 5.74) is -0.519. The van der Waals surface area contributed by atoms with Crippen LogP contribution in [0.3, 0.4) is 0 Å². The van der Waals surface area contributed by atoms with Crippen molar-refractivity contribution in [2.24, 2.45) is 0 Å². The number of benzene rings is 1. The van der Waals surface area contributed by atoms with Crippen LogP contribution in [-0.4, -0.2) is 43.2 Å². The molecule has 0 aromatic heterocycles. The summed E-state index contributed by atoms with van der Waals surface area (Å²) in [6.45, 7) is 0.395. The van der Waals surface area contributed by atoms with Crippen LogP contribution in [0.15, 0.2) is 24.3 Å². The molecule has 0 bridgehead atoms. The number of nitrogens with one attached hydrogen (secondary N) is 1. The second-order valence-electron chi connectivity index (χ2n) is 6.69. The number of carboxylic acids is 1. The van der Waals surface area contributed by atoms with Gasteiger partial charge < -0.3 is 10.4 Å². The number of sulfonamides is 1. The molecule has 3 rings (SSSR count). The lowest BCUT2D eigenvalue weighted by molar-refractivity contribution is -0.145. The highest BCUT2D eigenvalue weighted by atomic mass is 32.2. The monoisotopic (exact) mass is 366 g/mol. The molecule has 1 aromatic rings. The van der Waals surface area contributed by atoms with E-state index in [1.54, 1.807) is 18.2 Å².